The summed E-state index contributed by atoms with van der Waals surface area (Å²) in [7, 11) is 0. The van der Waals surface area contributed by atoms with Gasteiger partial charge in [-0.15, -0.1) is 11.3 Å². The molecule has 1 unspecified atom stereocenters. The predicted molar refractivity (Wildman–Crippen MR) is 116 cm³/mol. The third-order valence-electron chi connectivity index (χ3n) is 6.26. The van der Waals surface area contributed by atoms with Gasteiger partial charge in [0.25, 0.3) is 11.8 Å². The lowest BCUT2D eigenvalue weighted by Crippen LogP contribution is -2.44. The Bertz CT molecular complexity index is 1030. The summed E-state index contributed by atoms with van der Waals surface area (Å²) in [5.74, 6) is 0.0507. The number of primary amides is 1. The van der Waals surface area contributed by atoms with Crippen molar-refractivity contribution in [1.29, 1.82) is 0 Å². The number of urea groups is 1. The predicted octanol–water partition coefficient (Wildman–Crippen LogP) is 2.37. The van der Waals surface area contributed by atoms with E-state index in [1.165, 1.54) is 16.2 Å². The van der Waals surface area contributed by atoms with Gasteiger partial charge < -0.3 is 15.8 Å². The molecule has 32 heavy (non-hydrogen) atoms. The van der Waals surface area contributed by atoms with Crippen LogP contribution in [0.15, 0.2) is 24.5 Å². The molecule has 2 aromatic heterocycles. The number of nitrogens with one attached hydrogen (secondary N) is 1. The lowest BCUT2D eigenvalue weighted by Gasteiger charge is -2.32. The molecule has 5 rings (SSSR count). The van der Waals surface area contributed by atoms with Crippen molar-refractivity contribution < 1.29 is 19.1 Å². The first-order valence-electron chi connectivity index (χ1n) is 11.0. The van der Waals surface area contributed by atoms with Gasteiger partial charge in [-0.1, -0.05) is 6.07 Å². The SMILES string of the molecule is NC(=O)c1sc(C2CC2)nc1O[C@H]1CC[C@H](N2C(=O)NC(Cc3cccnc3)C2=O)CC1. The Morgan fingerprint density at radius 1 is 1.22 bits per heavy atom. The Morgan fingerprint density at radius 2 is 2.00 bits per heavy atom. The maximum atomic E-state index is 12.9. The van der Waals surface area contributed by atoms with Gasteiger partial charge in [0.1, 0.15) is 17.2 Å². The maximum absolute atomic E-state index is 12.9. The van der Waals surface area contributed by atoms with Gasteiger partial charge >= 0.3 is 6.03 Å². The molecule has 0 spiro atoms. The van der Waals surface area contributed by atoms with Crippen LogP contribution in [0.4, 0.5) is 4.79 Å². The molecule has 2 aliphatic carbocycles. The summed E-state index contributed by atoms with van der Waals surface area (Å²) < 4.78 is 6.06. The molecule has 10 heteroatoms. The number of nitrogens with zero attached hydrogens (tertiary/aromatic N) is 3. The number of thiazole rings is 1. The average molecular weight is 456 g/mol. The van der Waals surface area contributed by atoms with E-state index in [1.807, 2.05) is 12.1 Å². The fraction of sp³-hybridized carbons (Fsp3) is 0.500. The topological polar surface area (TPSA) is 128 Å². The molecule has 0 aromatic carbocycles. The standard InChI is InChI=1S/C22H25N5O4S/c23-18(28)17-19(26-20(32-17)13-3-4-13)31-15-7-5-14(6-8-15)27-21(29)16(25-22(27)30)10-12-2-1-9-24-11-12/h1-2,9,11,13-16H,3-8,10H2,(H2,23,28)(H,25,30)/t14-,15-,16?. The Balaban J connectivity index is 1.19. The third kappa shape index (κ3) is 4.19. The van der Waals surface area contributed by atoms with Gasteiger partial charge in [0, 0.05) is 30.8 Å². The van der Waals surface area contributed by atoms with Gasteiger partial charge in [0.05, 0.1) is 0 Å². The average Bonchev–Trinajstić information content (AvgIpc) is 3.49. The monoisotopic (exact) mass is 455 g/mol. The highest BCUT2D eigenvalue weighted by molar-refractivity contribution is 7.14. The molecule has 4 amide bonds. The molecule has 9 nitrogen and oxygen atoms in total. The van der Waals surface area contributed by atoms with E-state index in [0.29, 0.717) is 48.8 Å². The van der Waals surface area contributed by atoms with E-state index >= 15 is 0 Å². The van der Waals surface area contributed by atoms with Crippen molar-refractivity contribution in [3.63, 3.8) is 0 Å². The summed E-state index contributed by atoms with van der Waals surface area (Å²) in [5, 5.41) is 3.73. The van der Waals surface area contributed by atoms with Crippen molar-refractivity contribution in [2.75, 3.05) is 0 Å². The smallest absolute Gasteiger partial charge is 0.325 e. The van der Waals surface area contributed by atoms with E-state index in [0.717, 1.165) is 23.4 Å². The van der Waals surface area contributed by atoms with Gasteiger partial charge in [0.2, 0.25) is 5.88 Å². The van der Waals surface area contributed by atoms with Crippen LogP contribution in [0.5, 0.6) is 5.88 Å². The maximum Gasteiger partial charge on any atom is 0.325 e. The van der Waals surface area contributed by atoms with Crippen LogP contribution >= 0.6 is 11.3 Å². The van der Waals surface area contributed by atoms with Crippen molar-refractivity contribution in [3.8, 4) is 5.88 Å². The number of ether oxygens (including phenoxy) is 1. The van der Waals surface area contributed by atoms with Crippen molar-refractivity contribution in [2.45, 2.75) is 69.1 Å². The fourth-order valence-corrected chi connectivity index (χ4v) is 5.45. The molecule has 1 aliphatic heterocycles. The highest BCUT2D eigenvalue weighted by Gasteiger charge is 2.43. The van der Waals surface area contributed by atoms with Gasteiger partial charge in [0.15, 0.2) is 4.88 Å². The molecule has 2 saturated carbocycles. The largest absolute Gasteiger partial charge is 0.473 e. The highest BCUT2D eigenvalue weighted by Crippen LogP contribution is 2.44. The summed E-state index contributed by atoms with van der Waals surface area (Å²) in [6.07, 6.45) is 8.50. The number of carbonyl (C=O) groups is 3. The second-order valence-corrected chi connectivity index (χ2v) is 9.68. The zero-order valence-corrected chi connectivity index (χ0v) is 18.3. The molecule has 1 saturated heterocycles. The minimum Gasteiger partial charge on any atom is -0.473 e. The second kappa shape index (κ2) is 8.50. The zero-order chi connectivity index (χ0) is 22.2. The number of carbonyl (C=O) groups excluding carboxylic acids is 3. The highest BCUT2D eigenvalue weighted by atomic mass is 32.1. The van der Waals surface area contributed by atoms with Crippen LogP contribution in [0.2, 0.25) is 0 Å². The zero-order valence-electron chi connectivity index (χ0n) is 17.5. The van der Waals surface area contributed by atoms with Crippen LogP contribution in [0.3, 0.4) is 0 Å². The van der Waals surface area contributed by atoms with E-state index in [1.54, 1.807) is 12.4 Å². The number of aromatic nitrogens is 2. The molecule has 3 heterocycles. The lowest BCUT2D eigenvalue weighted by molar-refractivity contribution is -0.129. The van der Waals surface area contributed by atoms with Crippen LogP contribution in [0, 0.1) is 0 Å². The van der Waals surface area contributed by atoms with Gasteiger partial charge in [-0.3, -0.25) is 19.5 Å². The molecule has 3 fully saturated rings. The summed E-state index contributed by atoms with van der Waals surface area (Å²) in [6.45, 7) is 0. The number of hydrogen-bond donors (Lipinski definition) is 2. The van der Waals surface area contributed by atoms with Gasteiger partial charge in [-0.25, -0.2) is 9.78 Å². The van der Waals surface area contributed by atoms with Crippen molar-refractivity contribution in [1.82, 2.24) is 20.2 Å². The summed E-state index contributed by atoms with van der Waals surface area (Å²) in [4.78, 5) is 47.6. The minimum atomic E-state index is -0.561. The fourth-order valence-electron chi connectivity index (χ4n) is 4.43. The Morgan fingerprint density at radius 3 is 2.66 bits per heavy atom. The summed E-state index contributed by atoms with van der Waals surface area (Å²) in [6, 6.07) is 2.65. The van der Waals surface area contributed by atoms with E-state index < -0.39 is 11.9 Å². The molecular formula is C22H25N5O4S. The molecule has 1 atom stereocenters. The van der Waals surface area contributed by atoms with Crippen LogP contribution in [-0.2, 0) is 11.2 Å². The number of amides is 4. The number of hydrogen-bond acceptors (Lipinski definition) is 7. The molecule has 2 aromatic rings. The number of nitrogens with two attached hydrogens (primary N) is 1. The quantitative estimate of drug-likeness (QED) is 0.617. The first-order valence-corrected chi connectivity index (χ1v) is 11.8. The summed E-state index contributed by atoms with van der Waals surface area (Å²) in [5.41, 5.74) is 6.42. The minimum absolute atomic E-state index is 0.120. The van der Waals surface area contributed by atoms with Gasteiger partial charge in [-0.05, 0) is 50.2 Å². The van der Waals surface area contributed by atoms with E-state index in [9.17, 15) is 14.4 Å². The molecular weight excluding hydrogens is 430 g/mol. The number of imide groups is 1. The van der Waals surface area contributed by atoms with Crippen molar-refractivity contribution in [2.24, 2.45) is 5.73 Å². The van der Waals surface area contributed by atoms with E-state index in [-0.39, 0.29) is 24.1 Å². The first kappa shape index (κ1) is 20.9. The van der Waals surface area contributed by atoms with Crippen LogP contribution in [-0.4, -0.2) is 50.9 Å². The second-order valence-electron chi connectivity index (χ2n) is 8.65. The Labute approximate surface area is 189 Å². The third-order valence-corrected chi connectivity index (χ3v) is 7.48. The Kier molecular flexibility index (Phi) is 5.54. The first-order chi connectivity index (χ1) is 15.5. The van der Waals surface area contributed by atoms with Crippen molar-refractivity contribution in [3.05, 3.63) is 40.0 Å². The molecule has 3 aliphatic rings. The summed E-state index contributed by atoms with van der Waals surface area (Å²) >= 11 is 1.33. The number of rotatable bonds is 7. The van der Waals surface area contributed by atoms with Crippen LogP contribution in [0.1, 0.15) is 64.7 Å². The lowest BCUT2D eigenvalue weighted by atomic mass is 9.91. The van der Waals surface area contributed by atoms with Gasteiger partial charge in [-0.2, -0.15) is 0 Å². The normalized spacial score (nSPS) is 25.6. The molecule has 0 radical (unpaired) electrons. The van der Waals surface area contributed by atoms with Crippen molar-refractivity contribution >= 4 is 29.2 Å². The molecule has 0 bridgehead atoms. The number of pyridine rings is 1. The van der Waals surface area contributed by atoms with E-state index in [2.05, 4.69) is 15.3 Å². The van der Waals surface area contributed by atoms with Crippen LogP contribution < -0.4 is 15.8 Å². The Hall–Kier alpha value is -3.01. The van der Waals surface area contributed by atoms with E-state index in [4.69, 9.17) is 10.5 Å². The molecule has 168 valence electrons. The van der Waals surface area contributed by atoms with Crippen LogP contribution in [0.25, 0.3) is 0 Å². The molecule has 3 N–H and O–H groups in total.